The summed E-state index contributed by atoms with van der Waals surface area (Å²) in [6.45, 7) is 3.11. The standard InChI is InChI=1S/C21H21ClN4O4S/c1-11(27)25-17(20(29)30)10-31-18-8-14(28)7-16-15(9-23)19(24)26(21(16,18)2)13-5-3-12(22)4-6-13/h3-7,17-18,24,28H,8,10H2,1-2H3,(H,25,27)(H,29,30)/t17-,18+,21-/m0/s1. The van der Waals surface area contributed by atoms with E-state index >= 15 is 0 Å². The SMILES string of the molecule is CC(=O)N[C@@H](CS[C@@H]1CC(O)=CC2=C(C#N)C(=N)N(c3ccc(Cl)cc3)[C@@]21C)C(=O)O. The van der Waals surface area contributed by atoms with Gasteiger partial charge in [-0.3, -0.25) is 10.2 Å². The maximum Gasteiger partial charge on any atom is 0.327 e. The summed E-state index contributed by atoms with van der Waals surface area (Å²) in [4.78, 5) is 24.6. The van der Waals surface area contributed by atoms with Crippen molar-refractivity contribution in [2.75, 3.05) is 10.7 Å². The van der Waals surface area contributed by atoms with Crippen molar-refractivity contribution >= 4 is 46.8 Å². The summed E-state index contributed by atoms with van der Waals surface area (Å²) in [7, 11) is 0. The van der Waals surface area contributed by atoms with E-state index in [9.17, 15) is 25.1 Å². The van der Waals surface area contributed by atoms with Crippen molar-refractivity contribution in [3.8, 4) is 6.07 Å². The van der Waals surface area contributed by atoms with Crippen LogP contribution >= 0.6 is 23.4 Å². The predicted molar refractivity (Wildman–Crippen MR) is 120 cm³/mol. The van der Waals surface area contributed by atoms with Crippen molar-refractivity contribution in [3.63, 3.8) is 0 Å². The molecule has 0 fully saturated rings. The molecule has 3 atom stereocenters. The van der Waals surface area contributed by atoms with Crippen molar-refractivity contribution in [2.45, 2.75) is 37.1 Å². The molecular formula is C21H21ClN4O4S. The lowest BCUT2D eigenvalue weighted by Gasteiger charge is -2.45. The topological polar surface area (TPSA) is 138 Å². The molecule has 0 saturated carbocycles. The van der Waals surface area contributed by atoms with Crippen molar-refractivity contribution in [2.24, 2.45) is 0 Å². The number of allylic oxidation sites excluding steroid dienone is 1. The number of anilines is 1. The molecular weight excluding hydrogens is 440 g/mol. The number of nitrogens with zero attached hydrogens (tertiary/aromatic N) is 2. The Morgan fingerprint density at radius 1 is 1.45 bits per heavy atom. The molecule has 1 aromatic carbocycles. The number of carboxylic acid groups (broad SMARTS) is 1. The second-order valence-corrected chi connectivity index (χ2v) is 9.13. The van der Waals surface area contributed by atoms with Crippen molar-refractivity contribution < 1.29 is 19.8 Å². The van der Waals surface area contributed by atoms with Crippen molar-refractivity contribution in [1.29, 1.82) is 10.7 Å². The first kappa shape index (κ1) is 22.7. The molecule has 3 rings (SSSR count). The fraction of sp³-hybridized carbons (Fsp3) is 0.333. The van der Waals surface area contributed by atoms with Gasteiger partial charge in [-0.05, 0) is 37.3 Å². The van der Waals surface area contributed by atoms with E-state index in [1.807, 2.05) is 6.92 Å². The smallest absolute Gasteiger partial charge is 0.327 e. The van der Waals surface area contributed by atoms with E-state index in [-0.39, 0.29) is 29.3 Å². The van der Waals surface area contributed by atoms with E-state index in [0.29, 0.717) is 16.3 Å². The zero-order chi connectivity index (χ0) is 22.9. The third-order valence-electron chi connectivity index (χ3n) is 5.41. The first-order valence-corrected chi connectivity index (χ1v) is 10.8. The van der Waals surface area contributed by atoms with Gasteiger partial charge in [-0.25, -0.2) is 4.79 Å². The lowest BCUT2D eigenvalue weighted by Crippen LogP contribution is -2.55. The van der Waals surface area contributed by atoms with Crippen LogP contribution in [0, 0.1) is 16.7 Å². The van der Waals surface area contributed by atoms with E-state index in [2.05, 4.69) is 11.4 Å². The number of amidine groups is 1. The van der Waals surface area contributed by atoms with Crippen LogP contribution in [0.2, 0.25) is 5.02 Å². The van der Waals surface area contributed by atoms with Crippen LogP contribution in [0.1, 0.15) is 20.3 Å². The van der Waals surface area contributed by atoms with Gasteiger partial charge in [0.1, 0.15) is 23.5 Å². The second-order valence-electron chi connectivity index (χ2n) is 7.46. The number of fused-ring (bicyclic) bond motifs is 1. The third-order valence-corrected chi connectivity index (χ3v) is 7.21. The number of nitrogens with one attached hydrogen (secondary N) is 2. The summed E-state index contributed by atoms with van der Waals surface area (Å²) < 4.78 is 0. The van der Waals surface area contributed by atoms with Gasteiger partial charge < -0.3 is 20.4 Å². The minimum atomic E-state index is -1.16. The Balaban J connectivity index is 2.03. The second kappa shape index (κ2) is 8.65. The number of rotatable bonds is 6. The molecule has 10 heteroatoms. The highest BCUT2D eigenvalue weighted by Crippen LogP contribution is 2.50. The Morgan fingerprint density at radius 2 is 2.10 bits per heavy atom. The van der Waals surface area contributed by atoms with Gasteiger partial charge in [-0.15, -0.1) is 0 Å². The average molecular weight is 461 g/mol. The molecule has 2 aliphatic rings. The first-order valence-electron chi connectivity index (χ1n) is 9.40. The summed E-state index contributed by atoms with van der Waals surface area (Å²) in [5.74, 6) is -1.52. The van der Waals surface area contributed by atoms with Crippen LogP contribution in [0.5, 0.6) is 0 Å². The first-order chi connectivity index (χ1) is 14.6. The number of amides is 1. The van der Waals surface area contributed by atoms with Gasteiger partial charge >= 0.3 is 5.97 Å². The Kier molecular flexibility index (Phi) is 6.34. The fourth-order valence-electron chi connectivity index (χ4n) is 3.95. The minimum absolute atomic E-state index is 0.00415. The molecule has 0 aromatic heterocycles. The summed E-state index contributed by atoms with van der Waals surface area (Å²) >= 11 is 7.28. The van der Waals surface area contributed by atoms with Gasteiger partial charge in [0.25, 0.3) is 0 Å². The number of hydrogen-bond acceptors (Lipinski definition) is 6. The van der Waals surface area contributed by atoms with Crippen LogP contribution in [0.15, 0.2) is 47.2 Å². The lowest BCUT2D eigenvalue weighted by atomic mass is 9.81. The molecule has 0 bridgehead atoms. The molecule has 31 heavy (non-hydrogen) atoms. The number of thioether (sulfide) groups is 1. The van der Waals surface area contributed by atoms with E-state index in [4.69, 9.17) is 17.0 Å². The van der Waals surface area contributed by atoms with Crippen LogP contribution in [-0.4, -0.2) is 50.5 Å². The van der Waals surface area contributed by atoms with Crippen LogP contribution in [0.25, 0.3) is 0 Å². The molecule has 4 N–H and O–H groups in total. The lowest BCUT2D eigenvalue weighted by molar-refractivity contribution is -0.140. The number of nitriles is 1. The maximum absolute atomic E-state index is 11.5. The highest BCUT2D eigenvalue weighted by atomic mass is 35.5. The molecule has 0 unspecified atom stereocenters. The molecule has 0 spiro atoms. The van der Waals surface area contributed by atoms with Crippen LogP contribution in [0.4, 0.5) is 5.69 Å². The van der Waals surface area contributed by atoms with Gasteiger partial charge in [0.2, 0.25) is 5.91 Å². The molecule has 1 aromatic rings. The Hall–Kier alpha value is -2.96. The minimum Gasteiger partial charge on any atom is -0.512 e. The predicted octanol–water partition coefficient (Wildman–Crippen LogP) is 3.25. The number of halogens is 1. The number of aliphatic hydroxyl groups excluding tert-OH is 1. The number of aliphatic hydroxyl groups is 1. The van der Waals surface area contributed by atoms with E-state index in [1.165, 1.54) is 24.8 Å². The summed E-state index contributed by atoms with van der Waals surface area (Å²) in [6.07, 6.45) is 1.73. The fourth-order valence-corrected chi connectivity index (χ4v) is 5.57. The third kappa shape index (κ3) is 4.13. The number of benzene rings is 1. The monoisotopic (exact) mass is 460 g/mol. The van der Waals surface area contributed by atoms with Gasteiger partial charge in [0.15, 0.2) is 0 Å². The van der Waals surface area contributed by atoms with Crippen molar-refractivity contribution in [1.82, 2.24) is 5.32 Å². The molecule has 162 valence electrons. The molecule has 0 saturated heterocycles. The Bertz CT molecular complexity index is 1050. The van der Waals surface area contributed by atoms with Crippen LogP contribution in [0.3, 0.4) is 0 Å². The van der Waals surface area contributed by atoms with E-state index < -0.39 is 28.7 Å². The number of hydrogen-bond donors (Lipinski definition) is 4. The summed E-state index contributed by atoms with van der Waals surface area (Å²) in [6, 6.07) is 7.84. The van der Waals surface area contributed by atoms with Gasteiger partial charge in [-0.2, -0.15) is 17.0 Å². The Morgan fingerprint density at radius 3 is 2.65 bits per heavy atom. The highest BCUT2D eigenvalue weighted by molar-refractivity contribution is 8.00. The molecule has 1 aliphatic carbocycles. The molecule has 0 radical (unpaired) electrons. The quantitative estimate of drug-likeness (QED) is 0.511. The normalized spacial score (nSPS) is 23.7. The molecule has 1 heterocycles. The van der Waals surface area contributed by atoms with E-state index in [1.54, 1.807) is 29.2 Å². The zero-order valence-electron chi connectivity index (χ0n) is 16.8. The molecule has 1 amide bonds. The number of carbonyl (C=O) groups is 2. The summed E-state index contributed by atoms with van der Waals surface area (Å²) in [5, 5.41) is 40.7. The molecule has 8 nitrogen and oxygen atoms in total. The zero-order valence-corrected chi connectivity index (χ0v) is 18.4. The van der Waals surface area contributed by atoms with Crippen molar-refractivity contribution in [3.05, 3.63) is 52.3 Å². The van der Waals surface area contributed by atoms with Gasteiger partial charge in [0.05, 0.1) is 11.3 Å². The summed E-state index contributed by atoms with van der Waals surface area (Å²) in [5.41, 5.74) is 0.400. The van der Waals surface area contributed by atoms with Gasteiger partial charge in [0, 0.05) is 40.6 Å². The van der Waals surface area contributed by atoms with Crippen LogP contribution in [-0.2, 0) is 9.59 Å². The van der Waals surface area contributed by atoms with Gasteiger partial charge in [-0.1, -0.05) is 11.6 Å². The van der Waals surface area contributed by atoms with E-state index in [0.717, 1.165) is 0 Å². The number of carboxylic acids is 1. The average Bonchev–Trinajstić information content (AvgIpc) is 2.91. The largest absolute Gasteiger partial charge is 0.512 e. The number of aliphatic carboxylic acids is 1. The molecule has 1 aliphatic heterocycles. The Labute approximate surface area is 188 Å². The number of carbonyl (C=O) groups excluding carboxylic acids is 1. The highest BCUT2D eigenvalue weighted by Gasteiger charge is 2.53. The maximum atomic E-state index is 11.5. The van der Waals surface area contributed by atoms with Crippen LogP contribution < -0.4 is 10.2 Å².